The van der Waals surface area contributed by atoms with Crippen LogP contribution in [0.15, 0.2) is 47.4 Å². The van der Waals surface area contributed by atoms with Gasteiger partial charge in [-0.2, -0.15) is 0 Å². The number of halogens is 2. The second-order valence-corrected chi connectivity index (χ2v) is 9.54. The van der Waals surface area contributed by atoms with Gasteiger partial charge in [0.1, 0.15) is 23.9 Å². The van der Waals surface area contributed by atoms with Crippen molar-refractivity contribution in [3.63, 3.8) is 0 Å². The number of carbonyl (C=O) groups is 2. The number of cyclic esters (lactones) is 1. The molecule has 2 saturated heterocycles. The minimum absolute atomic E-state index is 0.00129. The van der Waals surface area contributed by atoms with Crippen LogP contribution in [0.4, 0.5) is 9.18 Å². The highest BCUT2D eigenvalue weighted by Crippen LogP contribution is 2.29. The Balaban J connectivity index is 1.21. The molecule has 10 heteroatoms. The summed E-state index contributed by atoms with van der Waals surface area (Å²) in [5.74, 6) is 1.25. The van der Waals surface area contributed by atoms with Crippen molar-refractivity contribution in [1.29, 1.82) is 0 Å². The molecule has 1 atom stereocenters. The number of nitrogens with zero attached hydrogens (tertiary/aromatic N) is 2. The summed E-state index contributed by atoms with van der Waals surface area (Å²) < 4.78 is 29.6. The van der Waals surface area contributed by atoms with Crippen molar-refractivity contribution in [3.05, 3.63) is 53.3 Å². The maximum absolute atomic E-state index is 13.2. The second kappa shape index (κ2) is 11.2. The number of rotatable bonds is 8. The van der Waals surface area contributed by atoms with Crippen LogP contribution in [-0.4, -0.2) is 73.0 Å². The summed E-state index contributed by atoms with van der Waals surface area (Å²) >= 11 is 7.33. The van der Waals surface area contributed by atoms with Crippen molar-refractivity contribution < 1.29 is 28.2 Å². The SMILES string of the molecule is COc1ccc(OCC2CN(C3CCN(C(=O)CSc4ccc(F)cc4Cl)CC3)C(=O)O2)cc1. The number of likely N-dealkylation sites (tertiary alicyclic amines) is 1. The molecule has 0 bridgehead atoms. The average molecular weight is 509 g/mol. The lowest BCUT2D eigenvalue weighted by atomic mass is 10.0. The zero-order valence-electron chi connectivity index (χ0n) is 18.7. The van der Waals surface area contributed by atoms with Crippen molar-refractivity contribution in [2.24, 2.45) is 0 Å². The molecule has 2 fully saturated rings. The van der Waals surface area contributed by atoms with E-state index < -0.39 is 5.82 Å². The van der Waals surface area contributed by atoms with Gasteiger partial charge in [0.2, 0.25) is 5.91 Å². The number of methoxy groups -OCH3 is 1. The Hall–Kier alpha value is -2.65. The molecule has 2 heterocycles. The number of carbonyl (C=O) groups excluding carboxylic acids is 2. The van der Waals surface area contributed by atoms with Crippen LogP contribution < -0.4 is 9.47 Å². The van der Waals surface area contributed by atoms with Gasteiger partial charge in [-0.1, -0.05) is 11.6 Å². The third-order valence-electron chi connectivity index (χ3n) is 5.90. The number of benzene rings is 2. The maximum atomic E-state index is 13.2. The fraction of sp³-hybridized carbons (Fsp3) is 0.417. The fourth-order valence-electron chi connectivity index (χ4n) is 4.04. The van der Waals surface area contributed by atoms with Crippen molar-refractivity contribution in [1.82, 2.24) is 9.80 Å². The van der Waals surface area contributed by atoms with Crippen LogP contribution >= 0.6 is 23.4 Å². The van der Waals surface area contributed by atoms with E-state index in [1.807, 2.05) is 24.3 Å². The van der Waals surface area contributed by atoms with Crippen LogP contribution in [0.3, 0.4) is 0 Å². The lowest BCUT2D eigenvalue weighted by Gasteiger charge is -2.35. The summed E-state index contributed by atoms with van der Waals surface area (Å²) in [6.45, 7) is 1.87. The Kier molecular flexibility index (Phi) is 8.05. The first kappa shape index (κ1) is 24.5. The zero-order valence-corrected chi connectivity index (χ0v) is 20.3. The van der Waals surface area contributed by atoms with Crippen LogP contribution in [-0.2, 0) is 9.53 Å². The molecule has 0 N–H and O–H groups in total. The summed E-state index contributed by atoms with van der Waals surface area (Å²) in [5.41, 5.74) is 0. The molecule has 0 spiro atoms. The number of hydrogen-bond acceptors (Lipinski definition) is 6. The Morgan fingerprint density at radius 3 is 2.56 bits per heavy atom. The topological polar surface area (TPSA) is 68.3 Å². The highest BCUT2D eigenvalue weighted by atomic mass is 35.5. The van der Waals surface area contributed by atoms with Gasteiger partial charge in [-0.3, -0.25) is 4.79 Å². The molecule has 2 aromatic carbocycles. The van der Waals surface area contributed by atoms with Crippen LogP contribution in [0.1, 0.15) is 12.8 Å². The molecular formula is C24H26ClFN2O5S. The Bertz CT molecular complexity index is 1020. The summed E-state index contributed by atoms with van der Waals surface area (Å²) in [6.07, 6.45) is 0.699. The summed E-state index contributed by atoms with van der Waals surface area (Å²) in [5, 5.41) is 0.301. The van der Waals surface area contributed by atoms with Crippen molar-refractivity contribution in [3.8, 4) is 11.5 Å². The summed E-state index contributed by atoms with van der Waals surface area (Å²) in [6, 6.07) is 11.4. The first-order valence-electron chi connectivity index (χ1n) is 11.0. The van der Waals surface area contributed by atoms with E-state index in [4.69, 9.17) is 25.8 Å². The first-order valence-corrected chi connectivity index (χ1v) is 12.4. The maximum Gasteiger partial charge on any atom is 0.410 e. The Morgan fingerprint density at radius 1 is 1.18 bits per heavy atom. The van der Waals surface area contributed by atoms with Gasteiger partial charge in [0.15, 0.2) is 6.10 Å². The summed E-state index contributed by atoms with van der Waals surface area (Å²) in [7, 11) is 1.60. The van der Waals surface area contributed by atoms with Gasteiger partial charge in [-0.05, 0) is 55.3 Å². The van der Waals surface area contributed by atoms with Gasteiger partial charge >= 0.3 is 6.09 Å². The number of thioether (sulfide) groups is 1. The van der Waals surface area contributed by atoms with Gasteiger partial charge in [-0.15, -0.1) is 11.8 Å². The standard InChI is InChI=1S/C24H26ClFN2O5S/c1-31-18-3-5-19(6-4-18)32-14-20-13-28(24(30)33-20)17-8-10-27(11-9-17)23(29)15-34-22-7-2-16(26)12-21(22)25/h2-7,12,17,20H,8-11,13-15H2,1H3. The molecule has 2 aliphatic rings. The molecule has 0 saturated carbocycles. The van der Waals surface area contributed by atoms with E-state index >= 15 is 0 Å². The monoisotopic (exact) mass is 508 g/mol. The van der Waals surface area contributed by atoms with E-state index in [1.54, 1.807) is 23.0 Å². The normalized spacial score (nSPS) is 18.7. The van der Waals surface area contributed by atoms with E-state index in [1.165, 1.54) is 23.9 Å². The van der Waals surface area contributed by atoms with E-state index in [-0.39, 0.29) is 36.5 Å². The lowest BCUT2D eigenvalue weighted by Crippen LogP contribution is -2.47. The average Bonchev–Trinajstić information content (AvgIpc) is 3.22. The van der Waals surface area contributed by atoms with E-state index in [0.717, 1.165) is 5.75 Å². The van der Waals surface area contributed by atoms with Crippen LogP contribution in [0, 0.1) is 5.82 Å². The van der Waals surface area contributed by atoms with Crippen molar-refractivity contribution in [2.75, 3.05) is 39.1 Å². The number of amides is 2. The van der Waals surface area contributed by atoms with E-state index in [2.05, 4.69) is 0 Å². The summed E-state index contributed by atoms with van der Waals surface area (Å²) in [4.78, 5) is 29.3. The molecule has 34 heavy (non-hydrogen) atoms. The van der Waals surface area contributed by atoms with Crippen molar-refractivity contribution >= 4 is 35.4 Å². The molecule has 182 valence electrons. The molecule has 2 amide bonds. The van der Waals surface area contributed by atoms with E-state index in [9.17, 15) is 14.0 Å². The number of hydrogen-bond donors (Lipinski definition) is 0. The molecule has 1 unspecified atom stereocenters. The van der Waals surface area contributed by atoms with Gasteiger partial charge in [0.05, 0.1) is 24.4 Å². The zero-order chi connectivity index (χ0) is 24.1. The molecule has 4 rings (SSSR count). The predicted molar refractivity (Wildman–Crippen MR) is 127 cm³/mol. The second-order valence-electron chi connectivity index (χ2n) is 8.12. The molecule has 0 aliphatic carbocycles. The van der Waals surface area contributed by atoms with Gasteiger partial charge < -0.3 is 24.0 Å². The van der Waals surface area contributed by atoms with Gasteiger partial charge in [0.25, 0.3) is 0 Å². The third kappa shape index (κ3) is 6.07. The Labute approximate surface area is 207 Å². The van der Waals surface area contributed by atoms with Crippen LogP contribution in [0.25, 0.3) is 0 Å². The molecule has 0 radical (unpaired) electrons. The third-order valence-corrected chi connectivity index (χ3v) is 7.38. The highest BCUT2D eigenvalue weighted by Gasteiger charge is 2.38. The smallest absolute Gasteiger partial charge is 0.410 e. The minimum Gasteiger partial charge on any atom is -0.497 e. The molecular weight excluding hydrogens is 483 g/mol. The number of ether oxygens (including phenoxy) is 3. The van der Waals surface area contributed by atoms with Gasteiger partial charge in [-0.25, -0.2) is 9.18 Å². The van der Waals surface area contributed by atoms with Crippen LogP contribution in [0.5, 0.6) is 11.5 Å². The van der Waals surface area contributed by atoms with Crippen molar-refractivity contribution in [2.45, 2.75) is 29.9 Å². The molecule has 0 aromatic heterocycles. The minimum atomic E-state index is -0.405. The highest BCUT2D eigenvalue weighted by molar-refractivity contribution is 8.00. The number of piperidine rings is 1. The van der Waals surface area contributed by atoms with Crippen LogP contribution in [0.2, 0.25) is 5.02 Å². The molecule has 2 aromatic rings. The molecule has 2 aliphatic heterocycles. The Morgan fingerprint density at radius 2 is 1.88 bits per heavy atom. The fourth-order valence-corrected chi connectivity index (χ4v) is 5.19. The largest absolute Gasteiger partial charge is 0.497 e. The first-order chi connectivity index (χ1) is 16.4. The molecule has 7 nitrogen and oxygen atoms in total. The van der Waals surface area contributed by atoms with Gasteiger partial charge in [0, 0.05) is 24.0 Å². The predicted octanol–water partition coefficient (Wildman–Crippen LogP) is 4.47. The lowest BCUT2D eigenvalue weighted by molar-refractivity contribution is -0.129. The van der Waals surface area contributed by atoms with E-state index in [0.29, 0.717) is 48.1 Å². The quantitative estimate of drug-likeness (QED) is 0.490.